The highest BCUT2D eigenvalue weighted by Gasteiger charge is 2.32. The summed E-state index contributed by atoms with van der Waals surface area (Å²) in [7, 11) is 0. The summed E-state index contributed by atoms with van der Waals surface area (Å²) in [5.41, 5.74) is 0.0577. The second kappa shape index (κ2) is 11.2. The van der Waals surface area contributed by atoms with E-state index in [4.69, 9.17) is 0 Å². The Morgan fingerprint density at radius 1 is 1.12 bits per heavy atom. The van der Waals surface area contributed by atoms with Crippen molar-refractivity contribution >= 4 is 28.5 Å². The molecular weight excluding hydrogens is 515 g/mol. The maximum absolute atomic E-state index is 14.3. The van der Waals surface area contributed by atoms with Crippen LogP contribution in [0.2, 0.25) is 0 Å². The van der Waals surface area contributed by atoms with Crippen LogP contribution < -0.4 is 16.0 Å². The van der Waals surface area contributed by atoms with Crippen LogP contribution >= 0.6 is 0 Å². The first-order valence-corrected chi connectivity index (χ1v) is 13.6. The molecule has 0 aromatic carbocycles. The molecule has 12 heteroatoms. The molecule has 1 unspecified atom stereocenters. The van der Waals surface area contributed by atoms with Gasteiger partial charge in [-0.2, -0.15) is 15.0 Å². The number of aliphatic hydroxyl groups is 1. The van der Waals surface area contributed by atoms with E-state index in [9.17, 15) is 24.3 Å². The van der Waals surface area contributed by atoms with E-state index in [1.165, 1.54) is 30.9 Å². The van der Waals surface area contributed by atoms with Crippen LogP contribution in [0.1, 0.15) is 68.3 Å². The molecule has 2 fully saturated rings. The molecular formula is C28H33FN8O3. The first-order valence-electron chi connectivity index (χ1n) is 13.6. The van der Waals surface area contributed by atoms with Crippen molar-refractivity contribution in [1.82, 2.24) is 30.4 Å². The molecule has 40 heavy (non-hydrogen) atoms. The van der Waals surface area contributed by atoms with Gasteiger partial charge in [-0.25, -0.2) is 14.4 Å². The predicted octanol–water partition coefficient (Wildman–Crippen LogP) is 2.78. The standard InChI is InChI=1S/C28H33FN8O3/c1-28(2,40)23(29)15-33-27(39)21-14-31-24(37-25-18(13-34-37)9-16(11-30)12-32-25)10-22(21)35-19-5-7-20(8-6-19)36-26(38)17-3-4-17/h9-10,12-14,17,19-20,23,40H,3-8,15H2,1-2H3,(H,31,35)(H,33,39)(H,36,38). The molecule has 0 saturated heterocycles. The van der Waals surface area contributed by atoms with Crippen molar-refractivity contribution in [2.75, 3.05) is 11.9 Å². The van der Waals surface area contributed by atoms with Crippen molar-refractivity contribution < 1.29 is 19.1 Å². The fourth-order valence-electron chi connectivity index (χ4n) is 4.80. The number of hydrogen-bond acceptors (Lipinski definition) is 8. The second-order valence-electron chi connectivity index (χ2n) is 11.2. The van der Waals surface area contributed by atoms with E-state index in [1.807, 2.05) is 0 Å². The van der Waals surface area contributed by atoms with E-state index in [1.54, 1.807) is 18.3 Å². The van der Waals surface area contributed by atoms with Gasteiger partial charge in [-0.05, 0) is 58.4 Å². The summed E-state index contributed by atoms with van der Waals surface area (Å²) in [4.78, 5) is 34.1. The first-order chi connectivity index (χ1) is 19.1. The minimum Gasteiger partial charge on any atom is -0.387 e. The number of amides is 2. The minimum absolute atomic E-state index is 0.0480. The molecule has 3 aromatic heterocycles. The van der Waals surface area contributed by atoms with Gasteiger partial charge in [-0.15, -0.1) is 0 Å². The molecule has 2 aliphatic carbocycles. The van der Waals surface area contributed by atoms with Gasteiger partial charge >= 0.3 is 0 Å². The molecule has 3 aromatic rings. The van der Waals surface area contributed by atoms with Gasteiger partial charge in [0.2, 0.25) is 5.91 Å². The number of anilines is 1. The number of rotatable bonds is 9. The van der Waals surface area contributed by atoms with Crippen LogP contribution in [0, 0.1) is 17.2 Å². The zero-order valence-corrected chi connectivity index (χ0v) is 22.5. The lowest BCUT2D eigenvalue weighted by Gasteiger charge is -2.31. The van der Waals surface area contributed by atoms with Crippen LogP contribution in [0.3, 0.4) is 0 Å². The van der Waals surface area contributed by atoms with Crippen molar-refractivity contribution in [3.05, 3.63) is 41.9 Å². The Kier molecular flexibility index (Phi) is 7.67. The Balaban J connectivity index is 1.37. The first kappa shape index (κ1) is 27.5. The molecule has 2 amide bonds. The third-order valence-electron chi connectivity index (χ3n) is 7.48. The lowest BCUT2D eigenvalue weighted by Crippen LogP contribution is -2.42. The summed E-state index contributed by atoms with van der Waals surface area (Å²) in [5, 5.41) is 33.3. The summed E-state index contributed by atoms with van der Waals surface area (Å²) in [5.74, 6) is 0.206. The van der Waals surface area contributed by atoms with Crippen LogP contribution in [0.5, 0.6) is 0 Å². The highest BCUT2D eigenvalue weighted by atomic mass is 19.1. The van der Waals surface area contributed by atoms with Gasteiger partial charge in [-0.3, -0.25) is 9.59 Å². The Bertz CT molecular complexity index is 1450. The Morgan fingerprint density at radius 2 is 1.85 bits per heavy atom. The summed E-state index contributed by atoms with van der Waals surface area (Å²) in [6.07, 6.45) is 7.97. The van der Waals surface area contributed by atoms with Gasteiger partial charge in [0.15, 0.2) is 11.5 Å². The number of halogens is 1. The summed E-state index contributed by atoms with van der Waals surface area (Å²) in [6.45, 7) is 2.33. The summed E-state index contributed by atoms with van der Waals surface area (Å²) in [6, 6.07) is 5.63. The molecule has 0 spiro atoms. The van der Waals surface area contributed by atoms with Crippen LogP contribution in [-0.2, 0) is 4.79 Å². The van der Waals surface area contributed by atoms with Crippen molar-refractivity contribution in [3.63, 3.8) is 0 Å². The fraction of sp³-hybridized carbons (Fsp3) is 0.500. The van der Waals surface area contributed by atoms with Crippen LogP contribution in [0.15, 0.2) is 30.7 Å². The predicted molar refractivity (Wildman–Crippen MR) is 145 cm³/mol. The summed E-state index contributed by atoms with van der Waals surface area (Å²) >= 11 is 0. The molecule has 2 saturated carbocycles. The fourth-order valence-corrected chi connectivity index (χ4v) is 4.80. The number of nitrogens with one attached hydrogen (secondary N) is 3. The van der Waals surface area contributed by atoms with Gasteiger partial charge < -0.3 is 21.1 Å². The van der Waals surface area contributed by atoms with E-state index in [2.05, 4.69) is 37.1 Å². The SMILES string of the molecule is CC(C)(O)C(F)CNC(=O)c1cnc(-n2ncc3cc(C#N)cnc32)cc1NC1CCC(NC(=O)C2CC2)CC1. The number of nitrogens with zero attached hydrogens (tertiary/aromatic N) is 5. The molecule has 11 nitrogen and oxygen atoms in total. The average Bonchev–Trinajstić information content (AvgIpc) is 3.71. The van der Waals surface area contributed by atoms with E-state index in [-0.39, 0.29) is 36.0 Å². The maximum Gasteiger partial charge on any atom is 0.255 e. The Labute approximate surface area is 231 Å². The monoisotopic (exact) mass is 548 g/mol. The zero-order chi connectivity index (χ0) is 28.4. The highest BCUT2D eigenvalue weighted by Crippen LogP contribution is 2.31. The molecule has 3 heterocycles. The number of alkyl halides is 1. The van der Waals surface area contributed by atoms with Crippen LogP contribution in [0.4, 0.5) is 10.1 Å². The van der Waals surface area contributed by atoms with Gasteiger partial charge in [-0.1, -0.05) is 0 Å². The van der Waals surface area contributed by atoms with Crippen molar-refractivity contribution in [2.45, 2.75) is 76.2 Å². The molecule has 0 radical (unpaired) electrons. The topological polar surface area (TPSA) is 158 Å². The Hall–Kier alpha value is -4.11. The number of aromatic nitrogens is 4. The smallest absolute Gasteiger partial charge is 0.255 e. The third-order valence-corrected chi connectivity index (χ3v) is 7.48. The summed E-state index contributed by atoms with van der Waals surface area (Å²) < 4.78 is 15.9. The number of pyridine rings is 2. The second-order valence-corrected chi connectivity index (χ2v) is 11.2. The van der Waals surface area contributed by atoms with E-state index in [0.29, 0.717) is 28.1 Å². The Morgan fingerprint density at radius 3 is 2.52 bits per heavy atom. The molecule has 210 valence electrons. The third kappa shape index (κ3) is 6.20. The van der Waals surface area contributed by atoms with E-state index < -0.39 is 17.7 Å². The molecule has 1 atom stereocenters. The lowest BCUT2D eigenvalue weighted by atomic mass is 9.90. The average molecular weight is 549 g/mol. The van der Waals surface area contributed by atoms with Crippen LogP contribution in [-0.4, -0.2) is 67.1 Å². The highest BCUT2D eigenvalue weighted by molar-refractivity contribution is 5.99. The number of nitriles is 1. The van der Waals surface area contributed by atoms with Gasteiger partial charge in [0.05, 0.1) is 35.2 Å². The van der Waals surface area contributed by atoms with Gasteiger partial charge in [0.1, 0.15) is 12.2 Å². The number of carbonyl (C=O) groups is 2. The normalized spacial score (nSPS) is 20.0. The molecule has 4 N–H and O–H groups in total. The maximum atomic E-state index is 14.3. The van der Waals surface area contributed by atoms with E-state index >= 15 is 0 Å². The molecule has 0 aliphatic heterocycles. The van der Waals surface area contributed by atoms with Crippen LogP contribution in [0.25, 0.3) is 16.9 Å². The van der Waals surface area contributed by atoms with Gasteiger partial charge in [0.25, 0.3) is 5.91 Å². The number of fused-ring (bicyclic) bond motifs is 1. The minimum atomic E-state index is -1.65. The molecule has 5 rings (SSSR count). The zero-order valence-electron chi connectivity index (χ0n) is 22.5. The van der Waals surface area contributed by atoms with Crippen molar-refractivity contribution in [2.24, 2.45) is 5.92 Å². The lowest BCUT2D eigenvalue weighted by molar-refractivity contribution is -0.123. The largest absolute Gasteiger partial charge is 0.387 e. The molecule has 2 aliphatic rings. The number of carbonyl (C=O) groups excluding carboxylic acids is 2. The van der Waals surface area contributed by atoms with Gasteiger partial charge in [0, 0.05) is 41.8 Å². The van der Waals surface area contributed by atoms with Crippen molar-refractivity contribution in [1.29, 1.82) is 5.26 Å². The quantitative estimate of drug-likeness (QED) is 0.318. The van der Waals surface area contributed by atoms with E-state index in [0.717, 1.165) is 38.5 Å². The molecule has 0 bridgehead atoms. The number of hydrogen-bond donors (Lipinski definition) is 4. The van der Waals surface area contributed by atoms with Crippen molar-refractivity contribution in [3.8, 4) is 11.9 Å².